The van der Waals surface area contributed by atoms with Crippen LogP contribution in [0.15, 0.2) is 28.8 Å². The lowest BCUT2D eigenvalue weighted by atomic mass is 10.2. The van der Waals surface area contributed by atoms with Gasteiger partial charge in [-0.25, -0.2) is 13.8 Å². The molecule has 1 N–H and O–H groups in total. The standard InChI is InChI=1S/C13H14F2N2O/c1-3-16-8(2)13-17-7-11(18-13)9-5-4-6-10(14)12(9)15/h4-8,16H,3H2,1-2H3. The van der Waals surface area contributed by atoms with E-state index in [-0.39, 0.29) is 17.4 Å². The van der Waals surface area contributed by atoms with E-state index in [1.54, 1.807) is 0 Å². The second-order valence-electron chi connectivity index (χ2n) is 3.94. The zero-order valence-electron chi connectivity index (χ0n) is 10.2. The third kappa shape index (κ3) is 2.41. The van der Waals surface area contributed by atoms with Crippen molar-refractivity contribution in [1.82, 2.24) is 10.3 Å². The molecule has 18 heavy (non-hydrogen) atoms. The maximum absolute atomic E-state index is 13.6. The largest absolute Gasteiger partial charge is 0.439 e. The molecule has 0 aliphatic heterocycles. The van der Waals surface area contributed by atoms with Crippen LogP contribution in [0.25, 0.3) is 11.3 Å². The maximum atomic E-state index is 13.6. The maximum Gasteiger partial charge on any atom is 0.211 e. The molecule has 0 fully saturated rings. The van der Waals surface area contributed by atoms with Gasteiger partial charge in [0.25, 0.3) is 0 Å². The van der Waals surface area contributed by atoms with Crippen LogP contribution in [-0.4, -0.2) is 11.5 Å². The quantitative estimate of drug-likeness (QED) is 0.907. The Balaban J connectivity index is 2.32. The fourth-order valence-corrected chi connectivity index (χ4v) is 1.70. The molecule has 1 atom stereocenters. The van der Waals surface area contributed by atoms with Crippen molar-refractivity contribution in [1.29, 1.82) is 0 Å². The molecule has 0 spiro atoms. The van der Waals surface area contributed by atoms with Gasteiger partial charge in [-0.3, -0.25) is 0 Å². The highest BCUT2D eigenvalue weighted by atomic mass is 19.2. The van der Waals surface area contributed by atoms with Crippen LogP contribution in [0.3, 0.4) is 0 Å². The number of halogens is 2. The zero-order valence-corrected chi connectivity index (χ0v) is 10.2. The summed E-state index contributed by atoms with van der Waals surface area (Å²) in [6, 6.07) is 3.89. The molecule has 2 aromatic rings. The van der Waals surface area contributed by atoms with Crippen LogP contribution in [0.4, 0.5) is 8.78 Å². The van der Waals surface area contributed by atoms with E-state index >= 15 is 0 Å². The number of rotatable bonds is 4. The van der Waals surface area contributed by atoms with Crippen molar-refractivity contribution in [3.8, 4) is 11.3 Å². The summed E-state index contributed by atoms with van der Waals surface area (Å²) >= 11 is 0. The molecule has 3 nitrogen and oxygen atoms in total. The van der Waals surface area contributed by atoms with E-state index in [1.807, 2.05) is 13.8 Å². The van der Waals surface area contributed by atoms with Crippen LogP contribution in [-0.2, 0) is 0 Å². The van der Waals surface area contributed by atoms with Crippen LogP contribution in [0.1, 0.15) is 25.8 Å². The first-order valence-electron chi connectivity index (χ1n) is 5.77. The first kappa shape index (κ1) is 12.7. The molecule has 1 unspecified atom stereocenters. The Morgan fingerprint density at radius 1 is 1.39 bits per heavy atom. The lowest BCUT2D eigenvalue weighted by Crippen LogP contribution is -2.17. The summed E-state index contributed by atoms with van der Waals surface area (Å²) in [5, 5.41) is 3.13. The molecule has 0 amide bonds. The number of oxazole rings is 1. The van der Waals surface area contributed by atoms with Gasteiger partial charge in [0.15, 0.2) is 17.4 Å². The summed E-state index contributed by atoms with van der Waals surface area (Å²) in [4.78, 5) is 4.06. The highest BCUT2D eigenvalue weighted by molar-refractivity contribution is 5.57. The molecule has 0 aliphatic rings. The van der Waals surface area contributed by atoms with Crippen molar-refractivity contribution >= 4 is 0 Å². The van der Waals surface area contributed by atoms with Crippen molar-refractivity contribution in [2.45, 2.75) is 19.9 Å². The highest BCUT2D eigenvalue weighted by Crippen LogP contribution is 2.26. The number of nitrogens with one attached hydrogen (secondary N) is 1. The molecule has 0 radical (unpaired) electrons. The Morgan fingerprint density at radius 3 is 2.89 bits per heavy atom. The molecule has 5 heteroatoms. The van der Waals surface area contributed by atoms with Gasteiger partial charge in [0.2, 0.25) is 5.89 Å². The zero-order chi connectivity index (χ0) is 13.1. The molecule has 0 saturated heterocycles. The number of benzene rings is 1. The SMILES string of the molecule is CCNC(C)c1ncc(-c2cccc(F)c2F)o1. The number of hydrogen-bond donors (Lipinski definition) is 1. The fraction of sp³-hybridized carbons (Fsp3) is 0.308. The average molecular weight is 252 g/mol. The number of hydrogen-bond acceptors (Lipinski definition) is 3. The van der Waals surface area contributed by atoms with Gasteiger partial charge in [0.05, 0.1) is 17.8 Å². The molecular weight excluding hydrogens is 238 g/mol. The summed E-state index contributed by atoms with van der Waals surface area (Å²) in [5.74, 6) is -1.14. The molecule has 1 aromatic heterocycles. The highest BCUT2D eigenvalue weighted by Gasteiger charge is 2.16. The summed E-state index contributed by atoms with van der Waals surface area (Å²) in [6.07, 6.45) is 1.40. The van der Waals surface area contributed by atoms with E-state index in [9.17, 15) is 8.78 Å². The predicted molar refractivity (Wildman–Crippen MR) is 63.9 cm³/mol. The number of nitrogens with zero attached hydrogens (tertiary/aromatic N) is 1. The van der Waals surface area contributed by atoms with Gasteiger partial charge in [-0.15, -0.1) is 0 Å². The van der Waals surface area contributed by atoms with Gasteiger partial charge in [-0.1, -0.05) is 13.0 Å². The van der Waals surface area contributed by atoms with E-state index in [4.69, 9.17) is 4.42 Å². The van der Waals surface area contributed by atoms with Crippen molar-refractivity contribution in [3.05, 3.63) is 41.9 Å². The van der Waals surface area contributed by atoms with Gasteiger partial charge < -0.3 is 9.73 Å². The summed E-state index contributed by atoms with van der Waals surface area (Å²) < 4.78 is 32.1. The minimum atomic E-state index is -0.920. The minimum absolute atomic E-state index is 0.0691. The van der Waals surface area contributed by atoms with Crippen molar-refractivity contribution in [3.63, 3.8) is 0 Å². The Hall–Kier alpha value is -1.75. The van der Waals surface area contributed by atoms with Gasteiger partial charge >= 0.3 is 0 Å². The minimum Gasteiger partial charge on any atom is -0.439 e. The first-order chi connectivity index (χ1) is 8.63. The molecule has 0 saturated carbocycles. The smallest absolute Gasteiger partial charge is 0.211 e. The van der Waals surface area contributed by atoms with Crippen molar-refractivity contribution in [2.24, 2.45) is 0 Å². The van der Waals surface area contributed by atoms with E-state index in [2.05, 4.69) is 10.3 Å². The van der Waals surface area contributed by atoms with Crippen LogP contribution in [0, 0.1) is 11.6 Å². The van der Waals surface area contributed by atoms with Crippen LogP contribution in [0.5, 0.6) is 0 Å². The molecule has 2 rings (SSSR count). The average Bonchev–Trinajstić information content (AvgIpc) is 2.82. The lowest BCUT2D eigenvalue weighted by molar-refractivity contribution is 0.426. The second kappa shape index (κ2) is 5.27. The molecule has 1 heterocycles. The normalized spacial score (nSPS) is 12.7. The first-order valence-corrected chi connectivity index (χ1v) is 5.77. The second-order valence-corrected chi connectivity index (χ2v) is 3.94. The number of aromatic nitrogens is 1. The molecule has 0 aliphatic carbocycles. The van der Waals surface area contributed by atoms with Gasteiger partial charge in [0.1, 0.15) is 0 Å². The van der Waals surface area contributed by atoms with Gasteiger partial charge in [-0.05, 0) is 25.6 Å². The third-order valence-corrected chi connectivity index (χ3v) is 2.62. The van der Waals surface area contributed by atoms with Gasteiger partial charge in [0, 0.05) is 0 Å². The molecule has 96 valence electrons. The van der Waals surface area contributed by atoms with Gasteiger partial charge in [-0.2, -0.15) is 0 Å². The summed E-state index contributed by atoms with van der Waals surface area (Å²) in [7, 11) is 0. The topological polar surface area (TPSA) is 38.1 Å². The third-order valence-electron chi connectivity index (χ3n) is 2.62. The van der Waals surface area contributed by atoms with Crippen LogP contribution < -0.4 is 5.32 Å². The molecule has 0 bridgehead atoms. The van der Waals surface area contributed by atoms with E-state index < -0.39 is 11.6 Å². The Kier molecular flexibility index (Phi) is 3.72. The fourth-order valence-electron chi connectivity index (χ4n) is 1.70. The van der Waals surface area contributed by atoms with Crippen LogP contribution in [0.2, 0.25) is 0 Å². The molecule has 1 aromatic carbocycles. The Labute approximate surface area is 104 Å². The van der Waals surface area contributed by atoms with E-state index in [0.717, 1.165) is 12.6 Å². The Morgan fingerprint density at radius 2 is 2.17 bits per heavy atom. The predicted octanol–water partition coefficient (Wildman–Crippen LogP) is 3.29. The van der Waals surface area contributed by atoms with Crippen molar-refractivity contribution < 1.29 is 13.2 Å². The summed E-state index contributed by atoms with van der Waals surface area (Å²) in [5.41, 5.74) is 0.0810. The van der Waals surface area contributed by atoms with Crippen LogP contribution >= 0.6 is 0 Å². The lowest BCUT2D eigenvalue weighted by Gasteiger charge is -2.06. The summed E-state index contributed by atoms with van der Waals surface area (Å²) in [6.45, 7) is 4.63. The van der Waals surface area contributed by atoms with E-state index in [0.29, 0.717) is 5.89 Å². The molecular formula is C13H14F2N2O. The Bertz CT molecular complexity index is 540. The van der Waals surface area contributed by atoms with E-state index in [1.165, 1.54) is 18.3 Å². The monoisotopic (exact) mass is 252 g/mol. The van der Waals surface area contributed by atoms with Crippen molar-refractivity contribution in [2.75, 3.05) is 6.54 Å².